The van der Waals surface area contributed by atoms with Crippen LogP contribution in [-0.4, -0.2) is 38.9 Å². The van der Waals surface area contributed by atoms with E-state index in [0.29, 0.717) is 12.1 Å². The van der Waals surface area contributed by atoms with Crippen LogP contribution < -0.4 is 19.7 Å². The number of hydrogen-bond donors (Lipinski definition) is 1. The van der Waals surface area contributed by atoms with Gasteiger partial charge >= 0.3 is 0 Å². The maximum absolute atomic E-state index is 6.30. The quantitative estimate of drug-likeness (QED) is 0.696. The summed E-state index contributed by atoms with van der Waals surface area (Å²) in [5, 5.41) is 3.70. The number of methoxy groups -OCH3 is 1. The number of rotatable bonds is 8. The van der Waals surface area contributed by atoms with Gasteiger partial charge < -0.3 is 19.7 Å². The van der Waals surface area contributed by atoms with Crippen molar-refractivity contribution in [2.75, 3.05) is 31.6 Å². The monoisotopic (exact) mass is 394 g/mol. The summed E-state index contributed by atoms with van der Waals surface area (Å²) < 4.78 is 11.9. The van der Waals surface area contributed by atoms with Crippen LogP contribution in [0.2, 0.25) is 0 Å². The minimum atomic E-state index is 0.341. The number of anilines is 1. The molecule has 1 aliphatic heterocycles. The van der Waals surface area contributed by atoms with E-state index in [0.717, 1.165) is 50.4 Å². The standard InChI is InChI=1S/C25H34N2O2/c1-28-24-15-14-22(18-25(24)29-23-12-5-6-13-23)27-17-16-26-21(19-27)11-7-10-20-8-3-2-4-9-20/h2-4,8-9,14-15,18,21,23,26H,5-7,10-13,16-17,19H2,1H3/t21-/m0/s1. The number of nitrogens with zero attached hydrogens (tertiary/aromatic N) is 1. The molecule has 0 unspecified atom stereocenters. The minimum Gasteiger partial charge on any atom is -0.493 e. The van der Waals surface area contributed by atoms with Crippen molar-refractivity contribution in [3.05, 3.63) is 54.1 Å². The first-order valence-corrected chi connectivity index (χ1v) is 11.2. The molecule has 0 amide bonds. The second-order valence-corrected chi connectivity index (χ2v) is 8.33. The Morgan fingerprint density at radius 1 is 1.03 bits per heavy atom. The Morgan fingerprint density at radius 3 is 2.66 bits per heavy atom. The van der Waals surface area contributed by atoms with E-state index in [1.165, 1.54) is 36.9 Å². The number of ether oxygens (including phenoxy) is 2. The van der Waals surface area contributed by atoms with Crippen molar-refractivity contribution in [2.24, 2.45) is 0 Å². The Hall–Kier alpha value is -2.20. The van der Waals surface area contributed by atoms with Gasteiger partial charge in [0, 0.05) is 37.4 Å². The summed E-state index contributed by atoms with van der Waals surface area (Å²) in [7, 11) is 1.73. The van der Waals surface area contributed by atoms with Crippen molar-refractivity contribution < 1.29 is 9.47 Å². The van der Waals surface area contributed by atoms with E-state index < -0.39 is 0 Å². The van der Waals surface area contributed by atoms with Gasteiger partial charge in [-0.25, -0.2) is 0 Å². The lowest BCUT2D eigenvalue weighted by atomic mass is 10.0. The zero-order valence-corrected chi connectivity index (χ0v) is 17.6. The van der Waals surface area contributed by atoms with Crippen LogP contribution in [0, 0.1) is 0 Å². The lowest BCUT2D eigenvalue weighted by Crippen LogP contribution is -2.50. The summed E-state index contributed by atoms with van der Waals surface area (Å²) >= 11 is 0. The highest BCUT2D eigenvalue weighted by Gasteiger charge is 2.22. The fourth-order valence-electron chi connectivity index (χ4n) is 4.59. The van der Waals surface area contributed by atoms with Gasteiger partial charge in [-0.3, -0.25) is 0 Å². The summed E-state index contributed by atoms with van der Waals surface area (Å²) in [4.78, 5) is 2.49. The Kier molecular flexibility index (Phi) is 6.94. The fourth-order valence-corrected chi connectivity index (χ4v) is 4.59. The molecule has 1 heterocycles. The molecule has 1 saturated heterocycles. The van der Waals surface area contributed by atoms with Crippen molar-refractivity contribution in [2.45, 2.75) is 57.1 Å². The van der Waals surface area contributed by atoms with Crippen LogP contribution in [-0.2, 0) is 6.42 Å². The van der Waals surface area contributed by atoms with Crippen LogP contribution in [0.25, 0.3) is 0 Å². The van der Waals surface area contributed by atoms with Crippen molar-refractivity contribution in [1.82, 2.24) is 5.32 Å². The van der Waals surface area contributed by atoms with Crippen LogP contribution in [0.15, 0.2) is 48.5 Å². The maximum atomic E-state index is 6.30. The predicted molar refractivity (Wildman–Crippen MR) is 119 cm³/mol. The first-order valence-electron chi connectivity index (χ1n) is 11.2. The van der Waals surface area contributed by atoms with Crippen LogP contribution in [0.4, 0.5) is 5.69 Å². The second-order valence-electron chi connectivity index (χ2n) is 8.33. The van der Waals surface area contributed by atoms with Gasteiger partial charge in [0.25, 0.3) is 0 Å². The number of benzene rings is 2. The molecule has 2 aliphatic rings. The zero-order chi connectivity index (χ0) is 19.9. The molecule has 4 heteroatoms. The minimum absolute atomic E-state index is 0.341. The molecule has 0 aromatic heterocycles. The van der Waals surface area contributed by atoms with E-state index in [-0.39, 0.29) is 0 Å². The van der Waals surface area contributed by atoms with Gasteiger partial charge in [0.1, 0.15) is 0 Å². The first kappa shape index (κ1) is 20.1. The highest BCUT2D eigenvalue weighted by atomic mass is 16.5. The van der Waals surface area contributed by atoms with Crippen LogP contribution in [0.1, 0.15) is 44.1 Å². The van der Waals surface area contributed by atoms with Crippen LogP contribution in [0.5, 0.6) is 11.5 Å². The lowest BCUT2D eigenvalue weighted by Gasteiger charge is -2.35. The van der Waals surface area contributed by atoms with Crippen molar-refractivity contribution in [3.8, 4) is 11.5 Å². The summed E-state index contributed by atoms with van der Waals surface area (Å²) in [5.41, 5.74) is 2.68. The highest BCUT2D eigenvalue weighted by Crippen LogP contribution is 2.35. The Morgan fingerprint density at radius 2 is 1.86 bits per heavy atom. The highest BCUT2D eigenvalue weighted by molar-refractivity contribution is 5.57. The molecule has 2 fully saturated rings. The van der Waals surface area contributed by atoms with E-state index in [9.17, 15) is 0 Å². The molecule has 0 radical (unpaired) electrons. The van der Waals surface area contributed by atoms with Gasteiger partial charge in [-0.15, -0.1) is 0 Å². The van der Waals surface area contributed by atoms with Gasteiger partial charge in [0.2, 0.25) is 0 Å². The Labute approximate surface area is 175 Å². The molecule has 4 nitrogen and oxygen atoms in total. The normalized spacial score (nSPS) is 20.0. The van der Waals surface area contributed by atoms with Crippen molar-refractivity contribution >= 4 is 5.69 Å². The van der Waals surface area contributed by atoms with E-state index >= 15 is 0 Å². The molecule has 1 saturated carbocycles. The molecule has 29 heavy (non-hydrogen) atoms. The molecule has 1 atom stereocenters. The third-order valence-electron chi connectivity index (χ3n) is 6.22. The fraction of sp³-hybridized carbons (Fsp3) is 0.520. The number of nitrogens with one attached hydrogen (secondary N) is 1. The molecule has 2 aromatic carbocycles. The van der Waals surface area contributed by atoms with Gasteiger partial charge in [0.05, 0.1) is 13.2 Å². The van der Waals surface area contributed by atoms with E-state index in [1.54, 1.807) is 7.11 Å². The molecule has 1 aliphatic carbocycles. The maximum Gasteiger partial charge on any atom is 0.163 e. The molecule has 0 spiro atoms. The smallest absolute Gasteiger partial charge is 0.163 e. The number of aryl methyl sites for hydroxylation is 1. The van der Waals surface area contributed by atoms with Crippen LogP contribution in [0.3, 0.4) is 0 Å². The average Bonchev–Trinajstić information content (AvgIpc) is 3.28. The SMILES string of the molecule is COc1ccc(N2CCN[C@@H](CCCc3ccccc3)C2)cc1OC1CCCC1. The summed E-state index contributed by atoms with van der Waals surface area (Å²) in [6, 6.07) is 17.8. The van der Waals surface area contributed by atoms with Crippen molar-refractivity contribution in [1.29, 1.82) is 0 Å². The largest absolute Gasteiger partial charge is 0.493 e. The molecule has 156 valence electrons. The van der Waals surface area contributed by atoms with Gasteiger partial charge in [-0.05, 0) is 62.6 Å². The third kappa shape index (κ3) is 5.45. The van der Waals surface area contributed by atoms with Gasteiger partial charge in [-0.1, -0.05) is 30.3 Å². The molecule has 1 N–H and O–H groups in total. The van der Waals surface area contributed by atoms with Gasteiger partial charge in [-0.2, -0.15) is 0 Å². The predicted octanol–water partition coefficient (Wildman–Crippen LogP) is 4.82. The van der Waals surface area contributed by atoms with Gasteiger partial charge in [0.15, 0.2) is 11.5 Å². The summed E-state index contributed by atoms with van der Waals surface area (Å²) in [5.74, 6) is 1.74. The van der Waals surface area contributed by atoms with E-state index in [4.69, 9.17) is 9.47 Å². The average molecular weight is 395 g/mol. The van der Waals surface area contributed by atoms with Crippen LogP contribution >= 0.6 is 0 Å². The third-order valence-corrected chi connectivity index (χ3v) is 6.22. The zero-order valence-electron chi connectivity index (χ0n) is 17.6. The van der Waals surface area contributed by atoms with E-state index in [1.807, 2.05) is 0 Å². The Balaban J connectivity index is 1.35. The number of piperazine rings is 1. The second kappa shape index (κ2) is 10.0. The molecule has 0 bridgehead atoms. The summed E-state index contributed by atoms with van der Waals surface area (Å²) in [6.45, 7) is 3.11. The topological polar surface area (TPSA) is 33.7 Å². The molecule has 4 rings (SSSR count). The molecular weight excluding hydrogens is 360 g/mol. The van der Waals surface area contributed by atoms with E-state index in [2.05, 4.69) is 58.7 Å². The lowest BCUT2D eigenvalue weighted by molar-refractivity contribution is 0.201. The van der Waals surface area contributed by atoms with Crippen molar-refractivity contribution in [3.63, 3.8) is 0 Å². The first-order chi connectivity index (χ1) is 14.3. The molecular formula is C25H34N2O2. The molecule has 2 aromatic rings. The summed E-state index contributed by atoms with van der Waals surface area (Å²) in [6.07, 6.45) is 8.77. The Bertz CT molecular complexity index is 759. The number of hydrogen-bond acceptors (Lipinski definition) is 4.